The van der Waals surface area contributed by atoms with Gasteiger partial charge in [-0.3, -0.25) is 4.79 Å². The highest BCUT2D eigenvalue weighted by atomic mass is 35.5. The van der Waals surface area contributed by atoms with Crippen LogP contribution in [0.1, 0.15) is 12.8 Å². The van der Waals surface area contributed by atoms with Gasteiger partial charge in [-0.25, -0.2) is 0 Å². The monoisotopic (exact) mass is 301 g/mol. The number of nitrogens with one attached hydrogen (secondary N) is 1. The quantitative estimate of drug-likeness (QED) is 0.764. The Hall–Kier alpha value is -0.0700. The van der Waals surface area contributed by atoms with Gasteiger partial charge in [-0.05, 0) is 38.9 Å². The minimum Gasteiger partial charge on any atom is -0.370 e. The molecular formula is C11H25Cl2N3O2. The Morgan fingerprint density at radius 2 is 2.00 bits per heavy atom. The van der Waals surface area contributed by atoms with Gasteiger partial charge in [-0.1, -0.05) is 0 Å². The van der Waals surface area contributed by atoms with Crippen molar-refractivity contribution in [3.63, 3.8) is 0 Å². The molecule has 0 bridgehead atoms. The van der Waals surface area contributed by atoms with Crippen LogP contribution >= 0.6 is 24.8 Å². The van der Waals surface area contributed by atoms with Gasteiger partial charge in [0.25, 0.3) is 0 Å². The molecule has 7 heteroatoms. The highest BCUT2D eigenvalue weighted by molar-refractivity contribution is 5.85. The van der Waals surface area contributed by atoms with E-state index in [1.807, 2.05) is 0 Å². The van der Waals surface area contributed by atoms with E-state index >= 15 is 0 Å². The van der Waals surface area contributed by atoms with Crippen LogP contribution in [0.15, 0.2) is 0 Å². The molecule has 1 aliphatic heterocycles. The van der Waals surface area contributed by atoms with E-state index in [-0.39, 0.29) is 37.3 Å². The summed E-state index contributed by atoms with van der Waals surface area (Å²) in [5, 5.41) is 2.91. The highest BCUT2D eigenvalue weighted by Crippen LogP contribution is 2.14. The number of piperidine rings is 1. The second-order valence-corrected chi connectivity index (χ2v) is 4.45. The number of likely N-dealkylation sites (tertiary alicyclic amines) is 1. The van der Waals surface area contributed by atoms with E-state index in [1.165, 1.54) is 7.11 Å². The fraction of sp³-hybridized carbons (Fsp3) is 0.909. The van der Waals surface area contributed by atoms with Crippen LogP contribution in [-0.2, 0) is 9.53 Å². The zero-order valence-electron chi connectivity index (χ0n) is 11.1. The van der Waals surface area contributed by atoms with Crippen molar-refractivity contribution in [3.8, 4) is 0 Å². The number of methoxy groups -OCH3 is 1. The summed E-state index contributed by atoms with van der Waals surface area (Å²) in [5.74, 6) is 0.499. The first-order chi connectivity index (χ1) is 7.67. The van der Waals surface area contributed by atoms with Gasteiger partial charge in [0.15, 0.2) is 0 Å². The third-order valence-electron chi connectivity index (χ3n) is 3.19. The maximum Gasteiger partial charge on any atom is 0.250 e. The molecule has 1 saturated heterocycles. The fourth-order valence-electron chi connectivity index (χ4n) is 1.94. The second-order valence-electron chi connectivity index (χ2n) is 4.45. The Balaban J connectivity index is 0. The molecule has 0 spiro atoms. The lowest BCUT2D eigenvalue weighted by molar-refractivity contribution is -0.130. The van der Waals surface area contributed by atoms with E-state index in [4.69, 9.17) is 10.5 Å². The standard InChI is InChI=1S/C11H23N3O2.2ClH/c1-14-5-3-9(4-6-14)8-13-11(15)10(7-12)16-2;;/h9-10H,3-8,12H2,1-2H3,(H,13,15);2*1H. The molecular weight excluding hydrogens is 277 g/mol. The number of carbonyl (C=O) groups excluding carboxylic acids is 1. The van der Waals surface area contributed by atoms with Crippen LogP contribution in [0.25, 0.3) is 0 Å². The zero-order valence-corrected chi connectivity index (χ0v) is 12.7. The number of nitrogens with two attached hydrogens (primary N) is 1. The number of rotatable bonds is 5. The predicted molar refractivity (Wildman–Crippen MR) is 77.6 cm³/mol. The first-order valence-corrected chi connectivity index (χ1v) is 5.86. The van der Waals surface area contributed by atoms with Gasteiger partial charge in [0.05, 0.1) is 0 Å². The number of carbonyl (C=O) groups is 1. The summed E-state index contributed by atoms with van der Waals surface area (Å²) >= 11 is 0. The summed E-state index contributed by atoms with van der Waals surface area (Å²) in [4.78, 5) is 13.9. The van der Waals surface area contributed by atoms with Gasteiger partial charge < -0.3 is 20.7 Å². The molecule has 18 heavy (non-hydrogen) atoms. The van der Waals surface area contributed by atoms with E-state index in [9.17, 15) is 4.79 Å². The van der Waals surface area contributed by atoms with Crippen LogP contribution in [0, 0.1) is 5.92 Å². The predicted octanol–water partition coefficient (Wildman–Crippen LogP) is 0.262. The van der Waals surface area contributed by atoms with Crippen LogP contribution in [0.3, 0.4) is 0 Å². The van der Waals surface area contributed by atoms with Crippen molar-refractivity contribution >= 4 is 30.7 Å². The molecule has 1 atom stereocenters. The molecule has 5 nitrogen and oxygen atoms in total. The molecule has 0 saturated carbocycles. The summed E-state index contributed by atoms with van der Waals surface area (Å²) in [7, 11) is 3.64. The molecule has 110 valence electrons. The van der Waals surface area contributed by atoms with Crippen LogP contribution in [0.2, 0.25) is 0 Å². The molecule has 0 aromatic heterocycles. The number of nitrogens with zero attached hydrogens (tertiary/aromatic N) is 1. The minimum atomic E-state index is -0.508. The average molecular weight is 302 g/mol. The smallest absolute Gasteiger partial charge is 0.250 e. The lowest BCUT2D eigenvalue weighted by atomic mass is 9.97. The van der Waals surface area contributed by atoms with E-state index in [0.29, 0.717) is 5.92 Å². The maximum atomic E-state index is 11.6. The second kappa shape index (κ2) is 10.8. The van der Waals surface area contributed by atoms with Gasteiger partial charge in [-0.15, -0.1) is 24.8 Å². The fourth-order valence-corrected chi connectivity index (χ4v) is 1.94. The Labute approximate surface area is 122 Å². The number of hydrogen-bond acceptors (Lipinski definition) is 4. The van der Waals surface area contributed by atoms with Crippen molar-refractivity contribution in [1.29, 1.82) is 0 Å². The normalized spacial score (nSPS) is 18.4. The number of hydrogen-bond donors (Lipinski definition) is 2. The van der Waals surface area contributed by atoms with Gasteiger partial charge in [0, 0.05) is 20.2 Å². The first kappa shape index (κ1) is 20.3. The molecule has 0 aromatic rings. The molecule has 1 rings (SSSR count). The Morgan fingerprint density at radius 1 is 1.44 bits per heavy atom. The van der Waals surface area contributed by atoms with Crippen LogP contribution < -0.4 is 11.1 Å². The summed E-state index contributed by atoms with van der Waals surface area (Å²) in [6, 6.07) is 0. The molecule has 1 heterocycles. The zero-order chi connectivity index (χ0) is 12.0. The number of halogens is 2. The summed E-state index contributed by atoms with van der Waals surface area (Å²) < 4.78 is 4.97. The van der Waals surface area contributed by atoms with E-state index in [2.05, 4.69) is 17.3 Å². The van der Waals surface area contributed by atoms with Crippen LogP contribution in [-0.4, -0.2) is 57.2 Å². The minimum absolute atomic E-state index is 0. The largest absolute Gasteiger partial charge is 0.370 e. The van der Waals surface area contributed by atoms with Crippen molar-refractivity contribution < 1.29 is 9.53 Å². The summed E-state index contributed by atoms with van der Waals surface area (Å²) in [6.07, 6.45) is 1.79. The molecule has 1 amide bonds. The van der Waals surface area contributed by atoms with E-state index in [0.717, 1.165) is 32.5 Å². The SMILES string of the molecule is COC(CN)C(=O)NCC1CCN(C)CC1.Cl.Cl. The Morgan fingerprint density at radius 3 is 2.44 bits per heavy atom. The Bertz CT molecular complexity index is 220. The molecule has 1 unspecified atom stereocenters. The third kappa shape index (κ3) is 6.75. The molecule has 1 fully saturated rings. The Kier molecular flexibility index (Phi) is 12.2. The average Bonchev–Trinajstić information content (AvgIpc) is 2.30. The lowest BCUT2D eigenvalue weighted by Gasteiger charge is -2.29. The van der Waals surface area contributed by atoms with Crippen molar-refractivity contribution in [3.05, 3.63) is 0 Å². The number of amides is 1. The highest BCUT2D eigenvalue weighted by Gasteiger charge is 2.20. The molecule has 3 N–H and O–H groups in total. The van der Waals surface area contributed by atoms with Crippen molar-refractivity contribution in [1.82, 2.24) is 10.2 Å². The van der Waals surface area contributed by atoms with Crippen molar-refractivity contribution in [2.24, 2.45) is 11.7 Å². The van der Waals surface area contributed by atoms with Gasteiger partial charge in [0.1, 0.15) is 6.10 Å². The summed E-state index contributed by atoms with van der Waals surface area (Å²) in [6.45, 7) is 3.21. The van der Waals surface area contributed by atoms with Gasteiger partial charge >= 0.3 is 0 Å². The molecule has 1 aliphatic rings. The third-order valence-corrected chi connectivity index (χ3v) is 3.19. The molecule has 0 radical (unpaired) electrons. The van der Waals surface area contributed by atoms with Crippen LogP contribution in [0.5, 0.6) is 0 Å². The summed E-state index contributed by atoms with van der Waals surface area (Å²) in [5.41, 5.74) is 5.42. The van der Waals surface area contributed by atoms with E-state index < -0.39 is 6.10 Å². The van der Waals surface area contributed by atoms with Crippen molar-refractivity contribution in [2.45, 2.75) is 18.9 Å². The lowest BCUT2D eigenvalue weighted by Crippen LogP contribution is -2.43. The van der Waals surface area contributed by atoms with E-state index in [1.54, 1.807) is 0 Å². The molecule has 0 aliphatic carbocycles. The number of ether oxygens (including phenoxy) is 1. The maximum absolute atomic E-state index is 11.6. The molecule has 0 aromatic carbocycles. The van der Waals surface area contributed by atoms with Crippen molar-refractivity contribution in [2.75, 3.05) is 40.3 Å². The topological polar surface area (TPSA) is 67.6 Å². The van der Waals surface area contributed by atoms with Crippen LogP contribution in [0.4, 0.5) is 0 Å². The van der Waals surface area contributed by atoms with Gasteiger partial charge in [-0.2, -0.15) is 0 Å². The van der Waals surface area contributed by atoms with Gasteiger partial charge in [0.2, 0.25) is 5.91 Å². The first-order valence-electron chi connectivity index (χ1n) is 5.86.